The minimum Gasteiger partial charge on any atom is -0.389 e. The molecule has 1 amide bonds. The highest BCUT2D eigenvalue weighted by atomic mass is 31.2. The molecule has 0 aliphatic rings. The Morgan fingerprint density at radius 1 is 0.685 bits per heavy atom. The Morgan fingerprint density at radius 2 is 1.20 bits per heavy atom. The molecule has 5 N–H and O–H groups in total. The Balaban J connectivity index is 4.76. The molecular formula is C43H80N2O8P+. The highest BCUT2D eigenvalue weighted by Gasteiger charge is 2.27. The van der Waals surface area contributed by atoms with E-state index in [1.807, 2.05) is 57.6 Å². The van der Waals surface area contributed by atoms with Crippen molar-refractivity contribution in [1.29, 1.82) is 0 Å². The van der Waals surface area contributed by atoms with E-state index >= 15 is 0 Å². The Morgan fingerprint density at radius 3 is 1.76 bits per heavy atom. The van der Waals surface area contributed by atoms with Gasteiger partial charge in [-0.3, -0.25) is 13.8 Å². The van der Waals surface area contributed by atoms with Gasteiger partial charge in [-0.1, -0.05) is 158 Å². The van der Waals surface area contributed by atoms with E-state index < -0.39 is 38.8 Å². The molecule has 0 saturated heterocycles. The highest BCUT2D eigenvalue weighted by Crippen LogP contribution is 2.43. The molecule has 0 aromatic carbocycles. The summed E-state index contributed by atoms with van der Waals surface area (Å²) in [6.45, 7) is 4.49. The SMILES string of the molecule is CCCCCCCCCCCCC/C=C/[C@@H](O)[C@H](COP(=O)(O)OCC[N+](C)(C)C)NC(=O)CCC[C@H](O)/C=C/C=C\C/C=C\C=C\[C@H](O)CCCCC. The third-order valence-electron chi connectivity index (χ3n) is 8.94. The Kier molecular flexibility index (Phi) is 33.2. The average Bonchev–Trinajstić information content (AvgIpc) is 3.10. The van der Waals surface area contributed by atoms with E-state index in [1.165, 1.54) is 57.8 Å². The molecule has 0 aromatic heterocycles. The third kappa shape index (κ3) is 35.8. The number of nitrogens with one attached hydrogen (secondary N) is 1. The van der Waals surface area contributed by atoms with Crippen LogP contribution in [-0.2, 0) is 18.4 Å². The van der Waals surface area contributed by atoms with E-state index in [-0.39, 0.29) is 18.9 Å². The second-order valence-electron chi connectivity index (χ2n) is 15.4. The number of rotatable bonds is 36. The molecule has 0 aliphatic carbocycles. The smallest absolute Gasteiger partial charge is 0.389 e. The predicted molar refractivity (Wildman–Crippen MR) is 224 cm³/mol. The molecule has 0 saturated carbocycles. The molecule has 54 heavy (non-hydrogen) atoms. The van der Waals surface area contributed by atoms with Crippen LogP contribution >= 0.6 is 7.82 Å². The molecular weight excluding hydrogens is 703 g/mol. The van der Waals surface area contributed by atoms with Gasteiger partial charge in [0, 0.05) is 6.42 Å². The van der Waals surface area contributed by atoms with Crippen LogP contribution in [0.5, 0.6) is 0 Å². The third-order valence-corrected chi connectivity index (χ3v) is 9.92. The molecule has 0 aromatic rings. The molecule has 0 fully saturated rings. The first kappa shape index (κ1) is 52.1. The number of carbonyl (C=O) groups excluding carboxylic acids is 1. The molecule has 5 atom stereocenters. The molecule has 10 nitrogen and oxygen atoms in total. The summed E-state index contributed by atoms with van der Waals surface area (Å²) in [5, 5.41) is 33.9. The van der Waals surface area contributed by atoms with Gasteiger partial charge in [0.1, 0.15) is 13.2 Å². The van der Waals surface area contributed by atoms with Crippen LogP contribution in [0.25, 0.3) is 0 Å². The standard InChI is InChI=1S/C43H79N2O8P/c1-6-8-10-11-12-13-14-15-16-17-21-24-28-34-42(48)41(38-53-54(50,51)52-37-36-45(3,4)5)44-43(49)35-29-33-40(47)32-27-23-20-18-19-22-26-31-39(46)30-25-9-7-2/h19-20,22-23,26-28,31-32,34,39-42,46-48H,6-18,21,24-25,29-30,33,35-38H2,1-5H3,(H-,44,49,50,51)/p+1/b22-19-,23-20-,31-26+,32-27+,34-28+/t39-,40-,41+,42-/m1/s1. The van der Waals surface area contributed by atoms with Gasteiger partial charge in [0.2, 0.25) is 5.91 Å². The van der Waals surface area contributed by atoms with E-state index in [9.17, 15) is 29.6 Å². The first-order valence-electron chi connectivity index (χ1n) is 20.9. The number of unbranched alkanes of at least 4 members (excludes halogenated alkanes) is 13. The number of aliphatic hydroxyl groups excluding tert-OH is 3. The summed E-state index contributed by atoms with van der Waals surface area (Å²) in [5.74, 6) is -0.356. The van der Waals surface area contributed by atoms with Crippen molar-refractivity contribution in [1.82, 2.24) is 5.32 Å². The summed E-state index contributed by atoms with van der Waals surface area (Å²) in [6, 6.07) is -0.955. The molecule has 0 bridgehead atoms. The van der Waals surface area contributed by atoms with Crippen LogP contribution in [0, 0.1) is 0 Å². The van der Waals surface area contributed by atoms with Gasteiger partial charge in [-0.2, -0.15) is 0 Å². The van der Waals surface area contributed by atoms with E-state index in [4.69, 9.17) is 9.05 Å². The van der Waals surface area contributed by atoms with Gasteiger partial charge in [-0.05, 0) is 38.5 Å². The molecule has 0 rings (SSSR count). The summed E-state index contributed by atoms with van der Waals surface area (Å²) < 4.78 is 23.4. The van der Waals surface area contributed by atoms with Crippen molar-refractivity contribution in [3.63, 3.8) is 0 Å². The number of hydrogen-bond acceptors (Lipinski definition) is 7. The van der Waals surface area contributed by atoms with Crippen molar-refractivity contribution >= 4 is 13.7 Å². The van der Waals surface area contributed by atoms with E-state index in [0.717, 1.165) is 51.4 Å². The summed E-state index contributed by atoms with van der Waals surface area (Å²) in [7, 11) is 1.41. The molecule has 314 valence electrons. The van der Waals surface area contributed by atoms with E-state index in [0.29, 0.717) is 23.9 Å². The molecule has 0 spiro atoms. The highest BCUT2D eigenvalue weighted by molar-refractivity contribution is 7.47. The van der Waals surface area contributed by atoms with Gasteiger partial charge >= 0.3 is 7.82 Å². The molecule has 1 unspecified atom stereocenters. The lowest BCUT2D eigenvalue weighted by molar-refractivity contribution is -0.870. The first-order valence-corrected chi connectivity index (χ1v) is 22.4. The van der Waals surface area contributed by atoms with E-state index in [1.54, 1.807) is 24.3 Å². The van der Waals surface area contributed by atoms with Gasteiger partial charge in [0.25, 0.3) is 0 Å². The average molecular weight is 784 g/mol. The number of phosphoric ester groups is 1. The number of hydrogen-bond donors (Lipinski definition) is 5. The zero-order valence-electron chi connectivity index (χ0n) is 34.7. The number of likely N-dealkylation sites (N-methyl/N-ethyl adjacent to an activating group) is 1. The number of aliphatic hydroxyl groups is 3. The van der Waals surface area contributed by atoms with Crippen LogP contribution in [-0.4, -0.2) is 95.9 Å². The van der Waals surface area contributed by atoms with Crippen LogP contribution in [0.4, 0.5) is 0 Å². The predicted octanol–water partition coefficient (Wildman–Crippen LogP) is 9.02. The number of phosphoric acid groups is 1. The number of carbonyl (C=O) groups is 1. The minimum absolute atomic E-state index is 0.0159. The molecule has 0 heterocycles. The van der Waals surface area contributed by atoms with Crippen molar-refractivity contribution in [3.8, 4) is 0 Å². The van der Waals surface area contributed by atoms with Crippen molar-refractivity contribution in [2.45, 2.75) is 167 Å². The first-order chi connectivity index (χ1) is 25.8. The summed E-state index contributed by atoms with van der Waals surface area (Å²) in [4.78, 5) is 23.1. The number of amides is 1. The minimum atomic E-state index is -4.40. The summed E-state index contributed by atoms with van der Waals surface area (Å²) in [6.07, 6.45) is 36.4. The van der Waals surface area contributed by atoms with Crippen molar-refractivity contribution in [2.75, 3.05) is 40.9 Å². The number of quaternary nitrogens is 1. The van der Waals surface area contributed by atoms with Gasteiger partial charge < -0.3 is 30.0 Å². The van der Waals surface area contributed by atoms with Gasteiger partial charge in [0.05, 0.1) is 52.1 Å². The van der Waals surface area contributed by atoms with E-state index in [2.05, 4.69) is 19.2 Å². The largest absolute Gasteiger partial charge is 0.472 e. The molecule has 0 aliphatic heterocycles. The lowest BCUT2D eigenvalue weighted by atomic mass is 10.0. The second-order valence-corrected chi connectivity index (χ2v) is 16.9. The summed E-state index contributed by atoms with van der Waals surface area (Å²) in [5.41, 5.74) is 0. The van der Waals surface area contributed by atoms with Gasteiger partial charge in [-0.15, -0.1) is 0 Å². The normalized spacial score (nSPS) is 16.2. The maximum Gasteiger partial charge on any atom is 0.472 e. The van der Waals surface area contributed by atoms with Gasteiger partial charge in [-0.25, -0.2) is 4.57 Å². The fourth-order valence-corrected chi connectivity index (χ4v) is 6.22. The zero-order chi connectivity index (χ0) is 40.3. The Labute approximate surface area is 329 Å². The fourth-order valence-electron chi connectivity index (χ4n) is 5.49. The van der Waals surface area contributed by atoms with Crippen molar-refractivity contribution < 1.29 is 43.1 Å². The second kappa shape index (κ2) is 34.4. The summed E-state index contributed by atoms with van der Waals surface area (Å²) >= 11 is 0. The van der Waals surface area contributed by atoms with Crippen LogP contribution in [0.1, 0.15) is 142 Å². The lowest BCUT2D eigenvalue weighted by Crippen LogP contribution is -2.45. The van der Waals surface area contributed by atoms with Crippen molar-refractivity contribution in [3.05, 3.63) is 60.8 Å². The topological polar surface area (TPSA) is 146 Å². The number of allylic oxidation sites excluding steroid dienone is 7. The Hall–Kier alpha value is -1.88. The van der Waals surface area contributed by atoms with Crippen molar-refractivity contribution in [2.24, 2.45) is 0 Å². The lowest BCUT2D eigenvalue weighted by Gasteiger charge is -2.25. The molecule has 11 heteroatoms. The van der Waals surface area contributed by atoms with Gasteiger partial charge in [0.15, 0.2) is 0 Å². The maximum atomic E-state index is 12.8. The van der Waals surface area contributed by atoms with Crippen LogP contribution in [0.2, 0.25) is 0 Å². The van der Waals surface area contributed by atoms with Crippen LogP contribution < -0.4 is 5.32 Å². The monoisotopic (exact) mass is 784 g/mol. The van der Waals surface area contributed by atoms with Crippen LogP contribution in [0.15, 0.2) is 60.8 Å². The zero-order valence-corrected chi connectivity index (χ0v) is 35.6. The Bertz CT molecular complexity index is 1100. The van der Waals surface area contributed by atoms with Crippen LogP contribution in [0.3, 0.4) is 0 Å². The maximum absolute atomic E-state index is 12.8. The quantitative estimate of drug-likeness (QED) is 0.0139. The molecule has 0 radical (unpaired) electrons. The fraction of sp³-hybridized carbons (Fsp3) is 0.744. The number of nitrogens with zero attached hydrogens (tertiary/aromatic N) is 1.